The minimum atomic E-state index is 0.0169. The summed E-state index contributed by atoms with van der Waals surface area (Å²) in [4.78, 5) is 27.2. The number of ether oxygens (including phenoxy) is 1. The third-order valence-corrected chi connectivity index (χ3v) is 3.67. The van der Waals surface area contributed by atoms with Gasteiger partial charge in [0.05, 0.1) is 0 Å². The second-order valence-corrected chi connectivity index (χ2v) is 4.77. The number of methoxy groups -OCH3 is 1. The summed E-state index contributed by atoms with van der Waals surface area (Å²) < 4.78 is 4.82. The SMILES string of the molecule is COCC(=O)N1CCN(C(=O)C2CCC2)CC1. The fourth-order valence-electron chi connectivity index (χ4n) is 2.30. The van der Waals surface area contributed by atoms with Gasteiger partial charge in [-0.3, -0.25) is 9.59 Å². The van der Waals surface area contributed by atoms with Crippen LogP contribution in [-0.2, 0) is 14.3 Å². The second kappa shape index (κ2) is 5.49. The van der Waals surface area contributed by atoms with Gasteiger partial charge in [0.2, 0.25) is 11.8 Å². The Kier molecular flexibility index (Phi) is 3.99. The number of amides is 2. The molecular formula is C12H20N2O3. The van der Waals surface area contributed by atoms with Crippen molar-refractivity contribution >= 4 is 11.8 Å². The van der Waals surface area contributed by atoms with E-state index in [0.29, 0.717) is 26.2 Å². The van der Waals surface area contributed by atoms with Crippen LogP contribution in [0.15, 0.2) is 0 Å². The van der Waals surface area contributed by atoms with Crippen LogP contribution in [0.3, 0.4) is 0 Å². The average molecular weight is 240 g/mol. The molecule has 1 aliphatic heterocycles. The summed E-state index contributed by atoms with van der Waals surface area (Å²) in [5.74, 6) is 0.564. The van der Waals surface area contributed by atoms with Crippen molar-refractivity contribution in [3.05, 3.63) is 0 Å². The molecule has 1 heterocycles. The summed E-state index contributed by atoms with van der Waals surface area (Å²) in [5.41, 5.74) is 0. The lowest BCUT2D eigenvalue weighted by Gasteiger charge is -2.38. The zero-order chi connectivity index (χ0) is 12.3. The lowest BCUT2D eigenvalue weighted by molar-refractivity contribution is -0.145. The van der Waals surface area contributed by atoms with Crippen LogP contribution in [0.25, 0.3) is 0 Å². The molecule has 5 nitrogen and oxygen atoms in total. The number of nitrogens with zero attached hydrogens (tertiary/aromatic N) is 2. The number of hydrogen-bond acceptors (Lipinski definition) is 3. The van der Waals surface area contributed by atoms with Gasteiger partial charge >= 0.3 is 0 Å². The molecule has 1 saturated carbocycles. The molecule has 5 heteroatoms. The van der Waals surface area contributed by atoms with Gasteiger partial charge in [-0.05, 0) is 12.8 Å². The molecule has 0 aromatic heterocycles. The van der Waals surface area contributed by atoms with Crippen LogP contribution in [0.4, 0.5) is 0 Å². The molecule has 96 valence electrons. The number of piperazine rings is 1. The highest BCUT2D eigenvalue weighted by molar-refractivity contribution is 5.81. The Morgan fingerprint density at radius 3 is 2.18 bits per heavy atom. The molecule has 17 heavy (non-hydrogen) atoms. The molecule has 1 aliphatic carbocycles. The van der Waals surface area contributed by atoms with Gasteiger partial charge in [-0.25, -0.2) is 0 Å². The zero-order valence-corrected chi connectivity index (χ0v) is 10.4. The molecular weight excluding hydrogens is 220 g/mol. The minimum absolute atomic E-state index is 0.0169. The van der Waals surface area contributed by atoms with Crippen molar-refractivity contribution in [3.8, 4) is 0 Å². The highest BCUT2D eigenvalue weighted by Gasteiger charge is 2.31. The number of carbonyl (C=O) groups is 2. The Bertz CT molecular complexity index is 294. The normalized spacial score (nSPS) is 21.2. The van der Waals surface area contributed by atoms with E-state index >= 15 is 0 Å². The minimum Gasteiger partial charge on any atom is -0.375 e. The maximum absolute atomic E-state index is 12.0. The van der Waals surface area contributed by atoms with E-state index < -0.39 is 0 Å². The first-order chi connectivity index (χ1) is 8.22. The van der Waals surface area contributed by atoms with E-state index in [9.17, 15) is 9.59 Å². The van der Waals surface area contributed by atoms with Crippen LogP contribution < -0.4 is 0 Å². The van der Waals surface area contributed by atoms with E-state index in [1.165, 1.54) is 13.5 Å². The molecule has 1 saturated heterocycles. The fraction of sp³-hybridized carbons (Fsp3) is 0.833. The first-order valence-corrected chi connectivity index (χ1v) is 6.28. The molecule has 2 amide bonds. The van der Waals surface area contributed by atoms with Crippen molar-refractivity contribution < 1.29 is 14.3 Å². The van der Waals surface area contributed by atoms with Gasteiger partial charge < -0.3 is 14.5 Å². The Hall–Kier alpha value is -1.10. The van der Waals surface area contributed by atoms with Crippen molar-refractivity contribution in [1.29, 1.82) is 0 Å². The van der Waals surface area contributed by atoms with Crippen LogP contribution in [0, 0.1) is 5.92 Å². The predicted molar refractivity (Wildman–Crippen MR) is 62.4 cm³/mol. The topological polar surface area (TPSA) is 49.9 Å². The maximum atomic E-state index is 12.0. The summed E-state index contributed by atoms with van der Waals surface area (Å²) >= 11 is 0. The van der Waals surface area contributed by atoms with Crippen molar-refractivity contribution in [2.24, 2.45) is 5.92 Å². The van der Waals surface area contributed by atoms with Gasteiger partial charge in [-0.15, -0.1) is 0 Å². The van der Waals surface area contributed by atoms with Crippen LogP contribution in [0.5, 0.6) is 0 Å². The molecule has 0 bridgehead atoms. The van der Waals surface area contributed by atoms with Gasteiger partial charge in [0.15, 0.2) is 0 Å². The zero-order valence-electron chi connectivity index (χ0n) is 10.4. The van der Waals surface area contributed by atoms with E-state index in [1.54, 1.807) is 4.90 Å². The van der Waals surface area contributed by atoms with E-state index in [-0.39, 0.29) is 24.3 Å². The van der Waals surface area contributed by atoms with E-state index in [0.717, 1.165) is 12.8 Å². The predicted octanol–water partition coefficient (Wildman–Crippen LogP) is 0.104. The number of carbonyl (C=O) groups excluding carboxylic acids is 2. The first kappa shape index (κ1) is 12.4. The van der Waals surface area contributed by atoms with E-state index in [4.69, 9.17) is 4.74 Å². The molecule has 0 aromatic rings. The van der Waals surface area contributed by atoms with Gasteiger partial charge in [-0.1, -0.05) is 6.42 Å². The fourth-order valence-corrected chi connectivity index (χ4v) is 2.30. The molecule has 0 unspecified atom stereocenters. The third-order valence-electron chi connectivity index (χ3n) is 3.67. The molecule has 0 radical (unpaired) electrons. The summed E-state index contributed by atoms with van der Waals surface area (Å²) in [7, 11) is 1.52. The lowest BCUT2D eigenvalue weighted by Crippen LogP contribution is -2.53. The largest absolute Gasteiger partial charge is 0.375 e. The quantitative estimate of drug-likeness (QED) is 0.703. The van der Waals surface area contributed by atoms with Crippen molar-refractivity contribution in [1.82, 2.24) is 9.80 Å². The Labute approximate surface area is 102 Å². The molecule has 2 aliphatic rings. The maximum Gasteiger partial charge on any atom is 0.248 e. The van der Waals surface area contributed by atoms with Crippen molar-refractivity contribution in [3.63, 3.8) is 0 Å². The summed E-state index contributed by atoms with van der Waals surface area (Å²) in [6.45, 7) is 2.76. The summed E-state index contributed by atoms with van der Waals surface area (Å²) in [5, 5.41) is 0. The van der Waals surface area contributed by atoms with Gasteiger partial charge in [-0.2, -0.15) is 0 Å². The second-order valence-electron chi connectivity index (χ2n) is 4.77. The Balaban J connectivity index is 1.77. The molecule has 0 N–H and O–H groups in total. The van der Waals surface area contributed by atoms with Crippen LogP contribution >= 0.6 is 0 Å². The standard InChI is InChI=1S/C12H20N2O3/c1-17-9-11(15)13-5-7-14(8-6-13)12(16)10-3-2-4-10/h10H,2-9H2,1H3. The molecule has 2 rings (SSSR count). The summed E-state index contributed by atoms with van der Waals surface area (Å²) in [6, 6.07) is 0. The van der Waals surface area contributed by atoms with Crippen LogP contribution in [-0.4, -0.2) is 61.5 Å². The van der Waals surface area contributed by atoms with E-state index in [1.807, 2.05) is 4.90 Å². The third kappa shape index (κ3) is 2.77. The van der Waals surface area contributed by atoms with Gasteiger partial charge in [0.1, 0.15) is 6.61 Å². The van der Waals surface area contributed by atoms with E-state index in [2.05, 4.69) is 0 Å². The van der Waals surface area contributed by atoms with Crippen LogP contribution in [0.2, 0.25) is 0 Å². The Morgan fingerprint density at radius 1 is 1.12 bits per heavy atom. The molecule has 2 fully saturated rings. The smallest absolute Gasteiger partial charge is 0.248 e. The number of rotatable bonds is 3. The van der Waals surface area contributed by atoms with Gasteiger partial charge in [0.25, 0.3) is 0 Å². The van der Waals surface area contributed by atoms with Crippen molar-refractivity contribution in [2.45, 2.75) is 19.3 Å². The van der Waals surface area contributed by atoms with Crippen molar-refractivity contribution in [2.75, 3.05) is 39.9 Å². The molecule has 0 atom stereocenters. The highest BCUT2D eigenvalue weighted by atomic mass is 16.5. The molecule has 0 aromatic carbocycles. The van der Waals surface area contributed by atoms with Crippen LogP contribution in [0.1, 0.15) is 19.3 Å². The van der Waals surface area contributed by atoms with Gasteiger partial charge in [0, 0.05) is 39.2 Å². The Morgan fingerprint density at radius 2 is 1.71 bits per heavy atom. The average Bonchev–Trinajstić information content (AvgIpc) is 2.27. The monoisotopic (exact) mass is 240 g/mol. The number of hydrogen-bond donors (Lipinski definition) is 0. The lowest BCUT2D eigenvalue weighted by atomic mass is 9.84. The highest BCUT2D eigenvalue weighted by Crippen LogP contribution is 2.28. The first-order valence-electron chi connectivity index (χ1n) is 6.28. The molecule has 0 spiro atoms. The summed E-state index contributed by atoms with van der Waals surface area (Å²) in [6.07, 6.45) is 3.27.